The average molecular weight is 252 g/mol. The summed E-state index contributed by atoms with van der Waals surface area (Å²) in [5.74, 6) is 1.97. The van der Waals surface area contributed by atoms with Crippen LogP contribution in [0, 0.1) is 17.8 Å². The lowest BCUT2D eigenvalue weighted by Crippen LogP contribution is -2.52. The molecule has 0 radical (unpaired) electrons. The highest BCUT2D eigenvalue weighted by Crippen LogP contribution is 2.26. The number of carbonyl (C=O) groups is 1. The van der Waals surface area contributed by atoms with Crippen molar-refractivity contribution < 1.29 is 4.79 Å². The number of carbonyl (C=O) groups excluding carboxylic acids is 1. The van der Waals surface area contributed by atoms with Gasteiger partial charge in [0.25, 0.3) is 0 Å². The number of amides is 1. The van der Waals surface area contributed by atoms with E-state index in [0.717, 1.165) is 25.6 Å². The highest BCUT2D eigenvalue weighted by Gasteiger charge is 2.29. The Balaban J connectivity index is 1.81. The van der Waals surface area contributed by atoms with Crippen LogP contribution in [-0.4, -0.2) is 36.5 Å². The van der Waals surface area contributed by atoms with Crippen LogP contribution in [0.15, 0.2) is 0 Å². The van der Waals surface area contributed by atoms with Crippen LogP contribution in [-0.2, 0) is 4.79 Å². The summed E-state index contributed by atoms with van der Waals surface area (Å²) in [7, 11) is 0. The summed E-state index contributed by atoms with van der Waals surface area (Å²) in [6, 6.07) is 0.511. The van der Waals surface area contributed by atoms with Crippen LogP contribution < -0.4 is 5.32 Å². The summed E-state index contributed by atoms with van der Waals surface area (Å²) in [6.07, 6.45) is 5.41. The molecule has 18 heavy (non-hydrogen) atoms. The normalized spacial score (nSPS) is 29.4. The maximum atomic E-state index is 12.1. The Labute approximate surface area is 111 Å². The molecule has 1 saturated carbocycles. The lowest BCUT2D eigenvalue weighted by molar-refractivity contribution is -0.136. The predicted octanol–water partition coefficient (Wildman–Crippen LogP) is 2.27. The summed E-state index contributed by atoms with van der Waals surface area (Å²) >= 11 is 0. The first-order chi connectivity index (χ1) is 8.56. The molecule has 1 aliphatic carbocycles. The van der Waals surface area contributed by atoms with Gasteiger partial charge in [-0.2, -0.15) is 0 Å². The van der Waals surface area contributed by atoms with Crippen molar-refractivity contribution in [3.05, 3.63) is 0 Å². The van der Waals surface area contributed by atoms with Crippen molar-refractivity contribution >= 4 is 5.91 Å². The molecular formula is C15H28N2O. The Morgan fingerprint density at radius 1 is 1.33 bits per heavy atom. The smallest absolute Gasteiger partial charge is 0.225 e. The van der Waals surface area contributed by atoms with Gasteiger partial charge in [-0.25, -0.2) is 0 Å². The van der Waals surface area contributed by atoms with Gasteiger partial charge >= 0.3 is 0 Å². The van der Waals surface area contributed by atoms with E-state index in [4.69, 9.17) is 0 Å². The summed E-state index contributed by atoms with van der Waals surface area (Å²) < 4.78 is 0. The topological polar surface area (TPSA) is 32.3 Å². The molecule has 2 rings (SSSR count). The molecule has 2 atom stereocenters. The molecule has 0 bridgehead atoms. The number of nitrogens with one attached hydrogen (secondary N) is 1. The van der Waals surface area contributed by atoms with Gasteiger partial charge in [-0.3, -0.25) is 4.79 Å². The van der Waals surface area contributed by atoms with E-state index in [-0.39, 0.29) is 5.92 Å². The minimum absolute atomic E-state index is 0.127. The number of nitrogens with zero attached hydrogens (tertiary/aromatic N) is 1. The van der Waals surface area contributed by atoms with Crippen molar-refractivity contribution in [2.45, 2.75) is 52.5 Å². The number of rotatable bonds is 4. The van der Waals surface area contributed by atoms with Crippen LogP contribution in [0.3, 0.4) is 0 Å². The van der Waals surface area contributed by atoms with Crippen LogP contribution in [0.25, 0.3) is 0 Å². The summed E-state index contributed by atoms with van der Waals surface area (Å²) in [6.45, 7) is 9.27. The summed E-state index contributed by atoms with van der Waals surface area (Å²) in [5.41, 5.74) is 0. The highest BCUT2D eigenvalue weighted by atomic mass is 16.2. The third-order valence-corrected chi connectivity index (χ3v) is 4.39. The Kier molecular flexibility index (Phi) is 4.66. The van der Waals surface area contributed by atoms with E-state index in [0.29, 0.717) is 17.9 Å². The average Bonchev–Trinajstić information content (AvgIpc) is 2.25. The molecule has 1 aliphatic heterocycles. The maximum Gasteiger partial charge on any atom is 0.225 e. The van der Waals surface area contributed by atoms with Crippen molar-refractivity contribution in [2.75, 3.05) is 19.6 Å². The molecule has 0 aromatic carbocycles. The molecule has 3 heteroatoms. The molecule has 1 amide bonds. The molecule has 1 saturated heterocycles. The van der Waals surface area contributed by atoms with Gasteiger partial charge in [-0.15, -0.1) is 0 Å². The number of hydrogen-bond acceptors (Lipinski definition) is 2. The van der Waals surface area contributed by atoms with Gasteiger partial charge < -0.3 is 10.2 Å². The van der Waals surface area contributed by atoms with Crippen LogP contribution in [0.2, 0.25) is 0 Å². The first-order valence-electron chi connectivity index (χ1n) is 7.58. The third kappa shape index (κ3) is 3.47. The first-order valence-corrected chi connectivity index (χ1v) is 7.58. The second-order valence-electron chi connectivity index (χ2n) is 6.64. The Morgan fingerprint density at radius 2 is 2.06 bits per heavy atom. The van der Waals surface area contributed by atoms with Gasteiger partial charge in [0.2, 0.25) is 5.91 Å². The molecule has 3 nitrogen and oxygen atoms in total. The number of hydrogen-bond donors (Lipinski definition) is 1. The maximum absolute atomic E-state index is 12.1. The lowest BCUT2D eigenvalue weighted by Gasteiger charge is -2.39. The molecule has 2 aliphatic rings. The quantitative estimate of drug-likeness (QED) is 0.832. The highest BCUT2D eigenvalue weighted by molar-refractivity contribution is 5.78. The van der Waals surface area contributed by atoms with Crippen LogP contribution in [0.1, 0.15) is 46.5 Å². The molecule has 1 N–H and O–H groups in total. The second-order valence-corrected chi connectivity index (χ2v) is 6.64. The fourth-order valence-corrected chi connectivity index (χ4v) is 3.07. The zero-order chi connectivity index (χ0) is 13.1. The van der Waals surface area contributed by atoms with E-state index in [1.54, 1.807) is 0 Å². The largest absolute Gasteiger partial charge is 0.341 e. The molecular weight excluding hydrogens is 224 g/mol. The van der Waals surface area contributed by atoms with E-state index in [1.165, 1.54) is 25.7 Å². The van der Waals surface area contributed by atoms with E-state index in [1.807, 2.05) is 13.8 Å². The monoisotopic (exact) mass is 252 g/mol. The third-order valence-electron chi connectivity index (χ3n) is 4.39. The van der Waals surface area contributed by atoms with Gasteiger partial charge in [-0.05, 0) is 37.6 Å². The fourth-order valence-electron chi connectivity index (χ4n) is 3.07. The van der Waals surface area contributed by atoms with Gasteiger partial charge in [0.1, 0.15) is 0 Å². The van der Waals surface area contributed by atoms with Crippen molar-refractivity contribution in [1.82, 2.24) is 10.2 Å². The van der Waals surface area contributed by atoms with Gasteiger partial charge in [0.15, 0.2) is 0 Å². The van der Waals surface area contributed by atoms with Gasteiger partial charge in [0, 0.05) is 25.0 Å². The van der Waals surface area contributed by atoms with Crippen LogP contribution in [0.5, 0.6) is 0 Å². The standard InChI is InChI=1S/C15H28N2O/c1-11(2)15(18)17-9-12(3)7-14(10-17)16-8-13-5-4-6-13/h11-14,16H,4-10H2,1-3H3. The van der Waals surface area contributed by atoms with Crippen molar-refractivity contribution in [3.63, 3.8) is 0 Å². The van der Waals surface area contributed by atoms with E-state index >= 15 is 0 Å². The molecule has 0 aromatic rings. The minimum Gasteiger partial charge on any atom is -0.341 e. The molecule has 104 valence electrons. The van der Waals surface area contributed by atoms with E-state index in [2.05, 4.69) is 17.1 Å². The van der Waals surface area contributed by atoms with Crippen molar-refractivity contribution in [2.24, 2.45) is 17.8 Å². The van der Waals surface area contributed by atoms with E-state index in [9.17, 15) is 4.79 Å². The Morgan fingerprint density at radius 3 is 2.61 bits per heavy atom. The van der Waals surface area contributed by atoms with Crippen molar-refractivity contribution in [3.8, 4) is 0 Å². The molecule has 0 spiro atoms. The SMILES string of the molecule is CC1CC(NCC2CCC2)CN(C(=O)C(C)C)C1. The molecule has 2 fully saturated rings. The lowest BCUT2D eigenvalue weighted by atomic mass is 9.85. The van der Waals surface area contributed by atoms with Crippen LogP contribution in [0.4, 0.5) is 0 Å². The van der Waals surface area contributed by atoms with Gasteiger partial charge in [-0.1, -0.05) is 27.2 Å². The minimum atomic E-state index is 0.127. The van der Waals surface area contributed by atoms with Crippen LogP contribution >= 0.6 is 0 Å². The number of piperidine rings is 1. The molecule has 2 unspecified atom stereocenters. The second kappa shape index (κ2) is 6.05. The van der Waals surface area contributed by atoms with E-state index < -0.39 is 0 Å². The Hall–Kier alpha value is -0.570. The number of likely N-dealkylation sites (tertiary alicyclic amines) is 1. The fraction of sp³-hybridized carbons (Fsp3) is 0.933. The zero-order valence-corrected chi connectivity index (χ0v) is 12.1. The summed E-state index contributed by atoms with van der Waals surface area (Å²) in [4.78, 5) is 14.2. The summed E-state index contributed by atoms with van der Waals surface area (Å²) in [5, 5.41) is 3.68. The Bertz CT molecular complexity index is 286. The first kappa shape index (κ1) is 13.9. The zero-order valence-electron chi connectivity index (χ0n) is 12.1. The van der Waals surface area contributed by atoms with Gasteiger partial charge in [0.05, 0.1) is 0 Å². The predicted molar refractivity (Wildman–Crippen MR) is 74.3 cm³/mol. The molecule has 1 heterocycles. The molecule has 0 aromatic heterocycles. The van der Waals surface area contributed by atoms with Crippen molar-refractivity contribution in [1.29, 1.82) is 0 Å².